The molecule has 0 aromatic carbocycles. The first-order valence-electron chi connectivity index (χ1n) is 5.71. The maximum atomic E-state index is 11.5. The van der Waals surface area contributed by atoms with Crippen molar-refractivity contribution in [2.24, 2.45) is 5.92 Å². The van der Waals surface area contributed by atoms with Gasteiger partial charge in [0.25, 0.3) is 0 Å². The first-order valence-corrected chi connectivity index (χ1v) is 5.71. The van der Waals surface area contributed by atoms with Gasteiger partial charge < -0.3 is 21.1 Å². The smallest absolute Gasteiger partial charge is 0.326 e. The largest absolute Gasteiger partial charge is 0.480 e. The number of nitrogens with one attached hydrogen (secondary N) is 1. The van der Waals surface area contributed by atoms with Gasteiger partial charge in [0.05, 0.1) is 0 Å². The zero-order chi connectivity index (χ0) is 15.0. The van der Waals surface area contributed by atoms with Gasteiger partial charge in [0.2, 0.25) is 11.7 Å². The number of amides is 1. The lowest BCUT2D eigenvalue weighted by atomic mass is 10.1. The zero-order valence-electron chi connectivity index (χ0n) is 10.7. The van der Waals surface area contributed by atoms with E-state index in [4.69, 9.17) is 10.6 Å². The Morgan fingerprint density at radius 1 is 1.37 bits per heavy atom. The van der Waals surface area contributed by atoms with E-state index in [-0.39, 0.29) is 18.8 Å². The van der Waals surface area contributed by atoms with Crippen LogP contribution in [0.4, 0.5) is 0 Å². The Balaban J connectivity index is 4.50. The average Bonchev–Trinajstić information content (AvgIpc) is 2.32. The van der Waals surface area contributed by atoms with Crippen molar-refractivity contribution in [1.29, 1.82) is 0 Å². The summed E-state index contributed by atoms with van der Waals surface area (Å²) in [6.07, 6.45) is -1.00. The number of aliphatic carboxylic acids is 1. The number of carboxylic acids is 1. The summed E-state index contributed by atoms with van der Waals surface area (Å²) in [5.41, 5.74) is 8.12. The fraction of sp³-hybridized carbons (Fsp3) is 0.636. The van der Waals surface area contributed by atoms with Crippen LogP contribution in [0.15, 0.2) is 0 Å². The van der Waals surface area contributed by atoms with E-state index in [1.54, 1.807) is 13.8 Å². The summed E-state index contributed by atoms with van der Waals surface area (Å²) in [5, 5.41) is 20.5. The minimum atomic E-state index is -1.31. The molecule has 0 aromatic rings. The van der Waals surface area contributed by atoms with E-state index in [1.807, 2.05) is 0 Å². The van der Waals surface area contributed by atoms with Gasteiger partial charge in [-0.1, -0.05) is 13.8 Å². The quantitative estimate of drug-likeness (QED) is 0.302. The number of nitrogens with zero attached hydrogens (tertiary/aromatic N) is 2. The van der Waals surface area contributed by atoms with Crippen LogP contribution < -0.4 is 5.32 Å². The lowest BCUT2D eigenvalue weighted by Crippen LogP contribution is -2.47. The van der Waals surface area contributed by atoms with Crippen LogP contribution in [0.1, 0.15) is 26.7 Å². The molecule has 2 unspecified atom stereocenters. The summed E-state index contributed by atoms with van der Waals surface area (Å²) >= 11 is 0. The molecule has 0 rings (SSSR count). The van der Waals surface area contributed by atoms with Gasteiger partial charge in [-0.15, -0.1) is 0 Å². The fourth-order valence-electron chi connectivity index (χ4n) is 1.23. The van der Waals surface area contributed by atoms with Crippen LogP contribution in [0.25, 0.3) is 5.53 Å². The maximum absolute atomic E-state index is 11.5. The van der Waals surface area contributed by atoms with Crippen molar-refractivity contribution in [1.82, 2.24) is 5.32 Å². The van der Waals surface area contributed by atoms with Gasteiger partial charge in [0, 0.05) is 6.42 Å². The van der Waals surface area contributed by atoms with Crippen molar-refractivity contribution < 1.29 is 29.4 Å². The molecule has 8 nitrogen and oxygen atoms in total. The van der Waals surface area contributed by atoms with Crippen molar-refractivity contribution in [3.8, 4) is 0 Å². The number of carboxylic acid groups (broad SMARTS) is 1. The molecule has 0 aliphatic heterocycles. The highest BCUT2D eigenvalue weighted by molar-refractivity contribution is 6.25. The lowest BCUT2D eigenvalue weighted by molar-refractivity contribution is -0.144. The SMILES string of the molecule is CC(C)C(O)C(=O)NC(CCC(=O)C=[N+]=[N-])C(=O)O. The van der Waals surface area contributed by atoms with Gasteiger partial charge in [0.1, 0.15) is 12.1 Å². The number of Topliss-reactive ketones (excluding diaryl/α,β-unsaturated/α-hetero) is 1. The molecule has 0 radical (unpaired) electrons. The van der Waals surface area contributed by atoms with E-state index in [2.05, 4.69) is 10.1 Å². The molecule has 2 atom stereocenters. The second-order valence-electron chi connectivity index (χ2n) is 4.34. The predicted octanol–water partition coefficient (Wildman–Crippen LogP) is -0.777. The molecule has 106 valence electrons. The Kier molecular flexibility index (Phi) is 7.25. The monoisotopic (exact) mass is 271 g/mol. The van der Waals surface area contributed by atoms with Crippen LogP contribution in [0.5, 0.6) is 0 Å². The topological polar surface area (TPSA) is 140 Å². The average molecular weight is 271 g/mol. The molecule has 0 aliphatic carbocycles. The van der Waals surface area contributed by atoms with Crippen molar-refractivity contribution in [3.63, 3.8) is 0 Å². The molecule has 8 heteroatoms. The molecule has 0 saturated carbocycles. The number of carbonyl (C=O) groups excluding carboxylic acids is 2. The summed E-state index contributed by atoms with van der Waals surface area (Å²) < 4.78 is 0. The van der Waals surface area contributed by atoms with E-state index in [1.165, 1.54) is 0 Å². The van der Waals surface area contributed by atoms with Crippen LogP contribution in [0.2, 0.25) is 0 Å². The van der Waals surface area contributed by atoms with E-state index in [9.17, 15) is 19.5 Å². The van der Waals surface area contributed by atoms with Gasteiger partial charge in [-0.05, 0) is 12.3 Å². The predicted molar refractivity (Wildman–Crippen MR) is 64.3 cm³/mol. The third-order valence-electron chi connectivity index (χ3n) is 2.40. The van der Waals surface area contributed by atoms with Gasteiger partial charge in [-0.2, -0.15) is 4.79 Å². The Hall–Kier alpha value is -2.05. The summed E-state index contributed by atoms with van der Waals surface area (Å²) in [6, 6.07) is -1.28. The third-order valence-corrected chi connectivity index (χ3v) is 2.40. The number of aliphatic hydroxyl groups is 1. The fourth-order valence-corrected chi connectivity index (χ4v) is 1.23. The van der Waals surface area contributed by atoms with E-state index >= 15 is 0 Å². The molecule has 0 bridgehead atoms. The van der Waals surface area contributed by atoms with Crippen LogP contribution in [0, 0.1) is 5.92 Å². The molecule has 0 aliphatic rings. The maximum Gasteiger partial charge on any atom is 0.326 e. The molecule has 0 saturated heterocycles. The minimum absolute atomic E-state index is 0.156. The number of ketones is 1. The van der Waals surface area contributed by atoms with Crippen molar-refractivity contribution in [2.75, 3.05) is 0 Å². The van der Waals surface area contributed by atoms with Crippen LogP contribution in [0.3, 0.4) is 0 Å². The van der Waals surface area contributed by atoms with E-state index in [0.717, 1.165) is 0 Å². The molecular formula is C11H17N3O5. The van der Waals surface area contributed by atoms with Crippen LogP contribution in [-0.2, 0) is 14.4 Å². The Morgan fingerprint density at radius 2 is 1.95 bits per heavy atom. The van der Waals surface area contributed by atoms with Gasteiger partial charge in [-0.3, -0.25) is 9.59 Å². The summed E-state index contributed by atoms with van der Waals surface area (Å²) in [7, 11) is 0. The molecule has 19 heavy (non-hydrogen) atoms. The van der Waals surface area contributed by atoms with Crippen molar-refractivity contribution in [3.05, 3.63) is 5.53 Å². The van der Waals surface area contributed by atoms with Crippen molar-refractivity contribution >= 4 is 23.9 Å². The molecule has 0 heterocycles. The second-order valence-corrected chi connectivity index (χ2v) is 4.34. The molecule has 1 amide bonds. The van der Waals surface area contributed by atoms with Gasteiger partial charge in [0.15, 0.2) is 0 Å². The second kappa shape index (κ2) is 8.12. The van der Waals surface area contributed by atoms with Crippen LogP contribution in [-0.4, -0.2) is 51.0 Å². The highest BCUT2D eigenvalue weighted by atomic mass is 16.4. The highest BCUT2D eigenvalue weighted by Gasteiger charge is 2.26. The van der Waals surface area contributed by atoms with Gasteiger partial charge >= 0.3 is 12.2 Å². The lowest BCUT2D eigenvalue weighted by Gasteiger charge is -2.18. The summed E-state index contributed by atoms with van der Waals surface area (Å²) in [4.78, 5) is 36.0. The van der Waals surface area contributed by atoms with Crippen molar-refractivity contribution in [2.45, 2.75) is 38.8 Å². The molecule has 3 N–H and O–H groups in total. The molecule has 0 spiro atoms. The first kappa shape index (κ1) is 16.9. The molecular weight excluding hydrogens is 254 g/mol. The summed E-state index contributed by atoms with van der Waals surface area (Å²) in [6.45, 7) is 3.22. The Labute approximate surface area is 110 Å². The molecule has 0 fully saturated rings. The van der Waals surface area contributed by atoms with Crippen LogP contribution >= 0.6 is 0 Å². The first-order chi connectivity index (χ1) is 8.79. The molecule has 0 aromatic heterocycles. The van der Waals surface area contributed by atoms with E-state index in [0.29, 0.717) is 6.21 Å². The highest BCUT2D eigenvalue weighted by Crippen LogP contribution is 2.04. The number of aliphatic hydroxyl groups excluding tert-OH is 1. The normalized spacial score (nSPS) is 13.3. The number of rotatable bonds is 8. The standard InChI is InChI=1S/C11H17N3O5/c1-6(2)9(16)10(17)14-8(11(18)19)4-3-7(15)5-13-12/h5-6,8-9,16H,3-4H2,1-2H3,(H,14,17)(H,18,19). The Bertz CT molecular complexity index is 401. The number of hydrogen-bond acceptors (Lipinski definition) is 4. The third kappa shape index (κ3) is 6.44. The zero-order valence-corrected chi connectivity index (χ0v) is 10.7. The summed E-state index contributed by atoms with van der Waals surface area (Å²) in [5.74, 6) is -3.02. The number of carbonyl (C=O) groups is 3. The van der Waals surface area contributed by atoms with Gasteiger partial charge in [-0.25, -0.2) is 4.79 Å². The number of hydrogen-bond donors (Lipinski definition) is 3. The minimum Gasteiger partial charge on any atom is -0.480 e. The van der Waals surface area contributed by atoms with E-state index < -0.39 is 29.8 Å². The Morgan fingerprint density at radius 3 is 2.37 bits per heavy atom.